The van der Waals surface area contributed by atoms with Crippen molar-refractivity contribution in [3.05, 3.63) is 23.8 Å². The number of methoxy groups -OCH3 is 2. The Balaban J connectivity index is 2.33. The third-order valence-electron chi connectivity index (χ3n) is 3.88. The van der Waals surface area contributed by atoms with E-state index in [2.05, 4.69) is 4.74 Å². The predicted molar refractivity (Wildman–Crippen MR) is 89.7 cm³/mol. The van der Waals surface area contributed by atoms with Crippen molar-refractivity contribution in [3.8, 4) is 11.5 Å². The number of hydrogen-bond donors (Lipinski definition) is 0. The SMILES string of the molecule is CCOc1ccc(C(=O)N2CCS(=O)(=O)C[C@H]2C(=O)OC)cc1OC. The highest BCUT2D eigenvalue weighted by Gasteiger charge is 2.39. The lowest BCUT2D eigenvalue weighted by Gasteiger charge is -2.33. The minimum Gasteiger partial charge on any atom is -0.493 e. The molecule has 0 aromatic heterocycles. The Morgan fingerprint density at radius 3 is 2.56 bits per heavy atom. The summed E-state index contributed by atoms with van der Waals surface area (Å²) in [5.74, 6) is -0.986. The van der Waals surface area contributed by atoms with Crippen LogP contribution in [0, 0.1) is 0 Å². The smallest absolute Gasteiger partial charge is 0.329 e. The summed E-state index contributed by atoms with van der Waals surface area (Å²) in [6.07, 6.45) is 0. The number of ether oxygens (including phenoxy) is 3. The Labute approximate surface area is 146 Å². The molecule has 9 heteroatoms. The molecule has 0 N–H and O–H groups in total. The number of nitrogens with zero attached hydrogens (tertiary/aromatic N) is 1. The van der Waals surface area contributed by atoms with Crippen molar-refractivity contribution in [2.75, 3.05) is 38.9 Å². The van der Waals surface area contributed by atoms with E-state index < -0.39 is 33.5 Å². The summed E-state index contributed by atoms with van der Waals surface area (Å²) in [7, 11) is -0.788. The largest absolute Gasteiger partial charge is 0.493 e. The van der Waals surface area contributed by atoms with Crippen LogP contribution < -0.4 is 9.47 Å². The van der Waals surface area contributed by atoms with E-state index in [4.69, 9.17) is 9.47 Å². The van der Waals surface area contributed by atoms with Crippen LogP contribution >= 0.6 is 0 Å². The first-order valence-electron chi connectivity index (χ1n) is 7.73. The third kappa shape index (κ3) is 4.22. The summed E-state index contributed by atoms with van der Waals surface area (Å²) in [6.45, 7) is 2.20. The summed E-state index contributed by atoms with van der Waals surface area (Å²) in [5, 5.41) is 0. The molecule has 1 aromatic carbocycles. The predicted octanol–water partition coefficient (Wildman–Crippen LogP) is 0.506. The number of benzene rings is 1. The second-order valence-electron chi connectivity index (χ2n) is 5.45. The van der Waals surface area contributed by atoms with Crippen molar-refractivity contribution in [2.45, 2.75) is 13.0 Å². The van der Waals surface area contributed by atoms with Gasteiger partial charge in [0.05, 0.1) is 32.3 Å². The van der Waals surface area contributed by atoms with E-state index in [1.807, 2.05) is 6.92 Å². The van der Waals surface area contributed by atoms with Crippen LogP contribution in [0.4, 0.5) is 0 Å². The van der Waals surface area contributed by atoms with Crippen molar-refractivity contribution in [2.24, 2.45) is 0 Å². The van der Waals surface area contributed by atoms with E-state index in [0.717, 1.165) is 7.11 Å². The second-order valence-corrected chi connectivity index (χ2v) is 7.68. The van der Waals surface area contributed by atoms with Crippen LogP contribution in [0.5, 0.6) is 11.5 Å². The van der Waals surface area contributed by atoms with Gasteiger partial charge >= 0.3 is 5.97 Å². The molecule has 1 aromatic rings. The third-order valence-corrected chi connectivity index (χ3v) is 5.50. The number of esters is 1. The number of amides is 1. The molecule has 0 radical (unpaired) electrons. The molecule has 0 saturated carbocycles. The van der Waals surface area contributed by atoms with Crippen molar-refractivity contribution in [1.82, 2.24) is 4.90 Å². The normalized spacial score (nSPS) is 19.2. The van der Waals surface area contributed by atoms with E-state index in [-0.39, 0.29) is 17.9 Å². The first kappa shape index (κ1) is 19.0. The van der Waals surface area contributed by atoms with E-state index in [1.165, 1.54) is 18.1 Å². The molecule has 8 nitrogen and oxygen atoms in total. The molecule has 1 atom stereocenters. The van der Waals surface area contributed by atoms with E-state index in [0.29, 0.717) is 18.1 Å². The quantitative estimate of drug-likeness (QED) is 0.695. The number of rotatable bonds is 5. The fraction of sp³-hybridized carbons (Fsp3) is 0.500. The summed E-state index contributed by atoms with van der Waals surface area (Å²) in [6, 6.07) is 3.50. The van der Waals surface area contributed by atoms with Gasteiger partial charge in [-0.3, -0.25) is 4.79 Å². The van der Waals surface area contributed by atoms with Crippen LogP contribution in [0.3, 0.4) is 0 Å². The fourth-order valence-electron chi connectivity index (χ4n) is 2.62. The number of carbonyl (C=O) groups is 2. The Hall–Kier alpha value is -2.29. The molecule has 1 saturated heterocycles. The van der Waals surface area contributed by atoms with Gasteiger partial charge in [0.15, 0.2) is 21.3 Å². The van der Waals surface area contributed by atoms with Crippen LogP contribution in [0.2, 0.25) is 0 Å². The Kier molecular flexibility index (Phi) is 5.89. The molecular weight excluding hydrogens is 350 g/mol. The Morgan fingerprint density at radius 2 is 1.96 bits per heavy atom. The summed E-state index contributed by atoms with van der Waals surface area (Å²) in [4.78, 5) is 26.0. The molecule has 1 amide bonds. The summed E-state index contributed by atoms with van der Waals surface area (Å²) in [5.41, 5.74) is 0.272. The van der Waals surface area contributed by atoms with Gasteiger partial charge in [-0.2, -0.15) is 0 Å². The summed E-state index contributed by atoms with van der Waals surface area (Å²) < 4.78 is 38.9. The van der Waals surface area contributed by atoms with Gasteiger partial charge in [0, 0.05) is 12.1 Å². The van der Waals surface area contributed by atoms with Crippen LogP contribution in [-0.4, -0.2) is 70.1 Å². The van der Waals surface area contributed by atoms with Crippen LogP contribution in [0.1, 0.15) is 17.3 Å². The first-order valence-corrected chi connectivity index (χ1v) is 9.55. The minimum atomic E-state index is -3.40. The Bertz CT molecular complexity index is 760. The van der Waals surface area contributed by atoms with E-state index in [1.54, 1.807) is 12.1 Å². The molecule has 0 spiro atoms. The molecule has 0 aliphatic carbocycles. The fourth-order valence-corrected chi connectivity index (χ4v) is 4.06. The van der Waals surface area contributed by atoms with Crippen LogP contribution in [-0.2, 0) is 19.4 Å². The molecule has 138 valence electrons. The maximum Gasteiger partial charge on any atom is 0.329 e. The van der Waals surface area contributed by atoms with Gasteiger partial charge in [0.25, 0.3) is 5.91 Å². The van der Waals surface area contributed by atoms with Crippen LogP contribution in [0.15, 0.2) is 18.2 Å². The molecule has 0 unspecified atom stereocenters. The highest BCUT2D eigenvalue weighted by molar-refractivity contribution is 7.91. The molecular formula is C16H21NO7S. The lowest BCUT2D eigenvalue weighted by Crippen LogP contribution is -2.55. The molecule has 2 rings (SSSR count). The van der Waals surface area contributed by atoms with Gasteiger partial charge in [-0.05, 0) is 25.1 Å². The van der Waals surface area contributed by atoms with Crippen molar-refractivity contribution in [3.63, 3.8) is 0 Å². The zero-order valence-electron chi connectivity index (χ0n) is 14.4. The van der Waals surface area contributed by atoms with Crippen molar-refractivity contribution >= 4 is 21.7 Å². The maximum absolute atomic E-state index is 12.8. The lowest BCUT2D eigenvalue weighted by atomic mass is 10.1. The van der Waals surface area contributed by atoms with Gasteiger partial charge in [0.2, 0.25) is 0 Å². The van der Waals surface area contributed by atoms with Gasteiger partial charge in [-0.25, -0.2) is 13.2 Å². The molecule has 25 heavy (non-hydrogen) atoms. The maximum atomic E-state index is 12.8. The first-order chi connectivity index (χ1) is 11.8. The van der Waals surface area contributed by atoms with Gasteiger partial charge in [-0.15, -0.1) is 0 Å². The minimum absolute atomic E-state index is 0.0730. The lowest BCUT2D eigenvalue weighted by molar-refractivity contribution is -0.145. The standard InChI is InChI=1S/C16H21NO7S/c1-4-24-13-6-5-11(9-14(13)22-2)15(18)17-7-8-25(20,21)10-12(17)16(19)23-3/h5-6,9,12H,4,7-8,10H2,1-3H3/t12-/m0/s1. The molecule has 1 heterocycles. The molecule has 1 aliphatic heterocycles. The average Bonchev–Trinajstić information content (AvgIpc) is 2.60. The number of carbonyl (C=O) groups excluding carboxylic acids is 2. The van der Waals surface area contributed by atoms with Crippen LogP contribution in [0.25, 0.3) is 0 Å². The average molecular weight is 371 g/mol. The van der Waals surface area contributed by atoms with E-state index in [9.17, 15) is 18.0 Å². The zero-order chi connectivity index (χ0) is 18.6. The van der Waals surface area contributed by atoms with Crippen molar-refractivity contribution < 1.29 is 32.2 Å². The molecule has 1 fully saturated rings. The molecule has 0 bridgehead atoms. The van der Waals surface area contributed by atoms with E-state index >= 15 is 0 Å². The number of hydrogen-bond acceptors (Lipinski definition) is 7. The van der Waals surface area contributed by atoms with Gasteiger partial charge < -0.3 is 19.1 Å². The molecule has 1 aliphatic rings. The second kappa shape index (κ2) is 7.73. The zero-order valence-corrected chi connectivity index (χ0v) is 15.2. The highest BCUT2D eigenvalue weighted by atomic mass is 32.2. The Morgan fingerprint density at radius 1 is 1.24 bits per heavy atom. The highest BCUT2D eigenvalue weighted by Crippen LogP contribution is 2.29. The summed E-state index contributed by atoms with van der Waals surface area (Å²) >= 11 is 0. The number of sulfone groups is 1. The van der Waals surface area contributed by atoms with Crippen molar-refractivity contribution in [1.29, 1.82) is 0 Å². The van der Waals surface area contributed by atoms with Gasteiger partial charge in [-0.1, -0.05) is 0 Å². The topological polar surface area (TPSA) is 99.2 Å². The monoisotopic (exact) mass is 371 g/mol. The van der Waals surface area contributed by atoms with Gasteiger partial charge in [0.1, 0.15) is 6.04 Å².